The Morgan fingerprint density at radius 1 is 1.00 bits per heavy atom. The molecule has 4 nitrogen and oxygen atoms in total. The molecule has 1 atom stereocenters. The Labute approximate surface area is 160 Å². The van der Waals surface area contributed by atoms with Gasteiger partial charge in [-0.25, -0.2) is 4.98 Å². The van der Waals surface area contributed by atoms with E-state index < -0.39 is 0 Å². The summed E-state index contributed by atoms with van der Waals surface area (Å²) in [5, 5.41) is 8.95. The average Bonchev–Trinajstić information content (AvgIpc) is 3.18. The third-order valence-corrected chi connectivity index (χ3v) is 5.30. The van der Waals surface area contributed by atoms with Crippen molar-refractivity contribution < 1.29 is 0 Å². The zero-order valence-corrected chi connectivity index (χ0v) is 15.5. The first-order chi connectivity index (χ1) is 13.3. The molecule has 2 heterocycles. The van der Waals surface area contributed by atoms with Crippen LogP contribution in [0.2, 0.25) is 0 Å². The summed E-state index contributed by atoms with van der Waals surface area (Å²) in [5.74, 6) is 1.67. The normalized spacial score (nSPS) is 17.5. The third-order valence-electron chi connectivity index (χ3n) is 5.30. The number of nitrogens with zero attached hydrogens (tertiary/aromatic N) is 4. The van der Waals surface area contributed by atoms with E-state index in [0.717, 1.165) is 31.7 Å². The number of imidazole rings is 1. The largest absolute Gasteiger partial charge is 0.330 e. The molecule has 1 saturated heterocycles. The first-order valence-electron chi connectivity index (χ1n) is 9.58. The Kier molecular flexibility index (Phi) is 5.32. The van der Waals surface area contributed by atoms with Gasteiger partial charge in [-0.3, -0.25) is 4.90 Å². The lowest BCUT2D eigenvalue weighted by Gasteiger charge is -2.32. The minimum absolute atomic E-state index is 0.468. The van der Waals surface area contributed by atoms with Crippen molar-refractivity contribution in [2.75, 3.05) is 13.1 Å². The van der Waals surface area contributed by atoms with Crippen LogP contribution in [0.4, 0.5) is 0 Å². The molecule has 136 valence electrons. The van der Waals surface area contributed by atoms with Crippen molar-refractivity contribution in [1.82, 2.24) is 14.5 Å². The number of aromatic nitrogens is 2. The molecule has 0 unspecified atom stereocenters. The van der Waals surface area contributed by atoms with Crippen molar-refractivity contribution in [3.8, 4) is 6.07 Å². The van der Waals surface area contributed by atoms with Gasteiger partial charge in [0.1, 0.15) is 5.82 Å². The molecule has 0 amide bonds. The van der Waals surface area contributed by atoms with E-state index in [1.165, 1.54) is 29.8 Å². The van der Waals surface area contributed by atoms with Gasteiger partial charge in [0.05, 0.1) is 11.6 Å². The molecule has 0 bridgehead atoms. The van der Waals surface area contributed by atoms with Gasteiger partial charge >= 0.3 is 0 Å². The Morgan fingerprint density at radius 3 is 2.56 bits per heavy atom. The van der Waals surface area contributed by atoms with Gasteiger partial charge in [0.15, 0.2) is 0 Å². The number of hydrogen-bond acceptors (Lipinski definition) is 3. The Hall–Kier alpha value is -2.90. The number of hydrogen-bond donors (Lipinski definition) is 0. The van der Waals surface area contributed by atoms with Crippen molar-refractivity contribution >= 4 is 0 Å². The highest BCUT2D eigenvalue weighted by atomic mass is 15.1. The second kappa shape index (κ2) is 8.20. The van der Waals surface area contributed by atoms with Gasteiger partial charge in [0.2, 0.25) is 0 Å². The standard InChI is InChI=1S/C23H24N4/c24-15-19-8-10-21(11-9-19)16-26-13-4-7-22(18-26)23-25-12-14-27(23)17-20-5-2-1-3-6-20/h1-3,5-6,8-12,14,22H,4,7,13,16-18H2/t22-/m1/s1. The van der Waals surface area contributed by atoms with Crippen molar-refractivity contribution in [2.24, 2.45) is 0 Å². The zero-order chi connectivity index (χ0) is 18.5. The Bertz CT molecular complexity index is 906. The molecule has 2 aromatic carbocycles. The zero-order valence-electron chi connectivity index (χ0n) is 15.5. The van der Waals surface area contributed by atoms with E-state index in [9.17, 15) is 0 Å². The second-order valence-electron chi connectivity index (χ2n) is 7.28. The van der Waals surface area contributed by atoms with Crippen LogP contribution in [0.3, 0.4) is 0 Å². The molecule has 1 aliphatic rings. The molecule has 4 rings (SSSR count). The van der Waals surface area contributed by atoms with Crippen LogP contribution < -0.4 is 0 Å². The molecule has 0 aliphatic carbocycles. The molecule has 0 saturated carbocycles. The number of rotatable bonds is 5. The van der Waals surface area contributed by atoms with Crippen molar-refractivity contribution in [3.63, 3.8) is 0 Å². The molecule has 1 aliphatic heterocycles. The lowest BCUT2D eigenvalue weighted by molar-refractivity contribution is 0.195. The summed E-state index contributed by atoms with van der Waals surface area (Å²) < 4.78 is 2.30. The first kappa shape index (κ1) is 17.5. The maximum absolute atomic E-state index is 8.95. The summed E-state index contributed by atoms with van der Waals surface area (Å²) >= 11 is 0. The highest BCUT2D eigenvalue weighted by molar-refractivity contribution is 5.31. The van der Waals surface area contributed by atoms with Crippen LogP contribution in [-0.4, -0.2) is 27.5 Å². The van der Waals surface area contributed by atoms with Gasteiger partial charge in [-0.15, -0.1) is 0 Å². The smallest absolute Gasteiger partial charge is 0.113 e. The van der Waals surface area contributed by atoms with Crippen LogP contribution in [0.5, 0.6) is 0 Å². The number of likely N-dealkylation sites (tertiary alicyclic amines) is 1. The lowest BCUT2D eigenvalue weighted by Crippen LogP contribution is -2.35. The van der Waals surface area contributed by atoms with E-state index >= 15 is 0 Å². The average molecular weight is 356 g/mol. The predicted octanol–water partition coefficient (Wildman–Crippen LogP) is 4.18. The van der Waals surface area contributed by atoms with E-state index in [2.05, 4.69) is 64.2 Å². The first-order valence-corrected chi connectivity index (χ1v) is 9.58. The molecule has 1 aromatic heterocycles. The fraction of sp³-hybridized carbons (Fsp3) is 0.304. The molecule has 0 N–H and O–H groups in total. The van der Waals surface area contributed by atoms with Crippen LogP contribution in [0.1, 0.15) is 41.3 Å². The van der Waals surface area contributed by atoms with E-state index in [0.29, 0.717) is 5.92 Å². The molecule has 0 radical (unpaired) electrons. The number of nitriles is 1. The quantitative estimate of drug-likeness (QED) is 0.689. The van der Waals surface area contributed by atoms with E-state index in [1.807, 2.05) is 18.3 Å². The third kappa shape index (κ3) is 4.27. The molecule has 4 heteroatoms. The monoisotopic (exact) mass is 356 g/mol. The predicted molar refractivity (Wildman–Crippen MR) is 106 cm³/mol. The SMILES string of the molecule is N#Cc1ccc(CN2CCC[C@@H](c3nccn3Cc3ccccc3)C2)cc1. The molecule has 3 aromatic rings. The van der Waals surface area contributed by atoms with Gasteiger partial charge in [0.25, 0.3) is 0 Å². The number of benzene rings is 2. The Balaban J connectivity index is 1.44. The molecular weight excluding hydrogens is 332 g/mol. The van der Waals surface area contributed by atoms with E-state index in [1.54, 1.807) is 0 Å². The van der Waals surface area contributed by atoms with E-state index in [4.69, 9.17) is 10.2 Å². The molecule has 0 spiro atoms. The maximum atomic E-state index is 8.95. The lowest BCUT2D eigenvalue weighted by atomic mass is 9.96. The highest BCUT2D eigenvalue weighted by Crippen LogP contribution is 2.27. The summed E-state index contributed by atoms with van der Waals surface area (Å²) in [4.78, 5) is 7.21. The van der Waals surface area contributed by atoms with Crippen LogP contribution in [0, 0.1) is 11.3 Å². The van der Waals surface area contributed by atoms with Crippen molar-refractivity contribution in [2.45, 2.75) is 31.8 Å². The van der Waals surface area contributed by atoms with Gasteiger partial charge in [-0.2, -0.15) is 5.26 Å². The topological polar surface area (TPSA) is 44.9 Å². The fourth-order valence-corrected chi connectivity index (χ4v) is 3.95. The Morgan fingerprint density at radius 2 is 1.78 bits per heavy atom. The maximum Gasteiger partial charge on any atom is 0.113 e. The van der Waals surface area contributed by atoms with Gasteiger partial charge in [0, 0.05) is 37.9 Å². The molecular formula is C23H24N4. The van der Waals surface area contributed by atoms with E-state index in [-0.39, 0.29) is 0 Å². The summed E-state index contributed by atoms with van der Waals surface area (Å²) in [6.45, 7) is 3.96. The van der Waals surface area contributed by atoms with Crippen LogP contribution in [0.15, 0.2) is 67.0 Å². The second-order valence-corrected chi connectivity index (χ2v) is 7.28. The summed E-state index contributed by atoms with van der Waals surface area (Å²) in [5.41, 5.74) is 3.29. The summed E-state index contributed by atoms with van der Waals surface area (Å²) in [6.07, 6.45) is 6.41. The van der Waals surface area contributed by atoms with Gasteiger partial charge in [-0.1, -0.05) is 42.5 Å². The van der Waals surface area contributed by atoms with Crippen LogP contribution in [-0.2, 0) is 13.1 Å². The van der Waals surface area contributed by atoms with Crippen molar-refractivity contribution in [1.29, 1.82) is 5.26 Å². The number of piperidine rings is 1. The van der Waals surface area contributed by atoms with Crippen LogP contribution >= 0.6 is 0 Å². The van der Waals surface area contributed by atoms with Crippen LogP contribution in [0.25, 0.3) is 0 Å². The van der Waals surface area contributed by atoms with Gasteiger partial charge in [-0.05, 0) is 42.6 Å². The highest BCUT2D eigenvalue weighted by Gasteiger charge is 2.24. The summed E-state index contributed by atoms with van der Waals surface area (Å²) in [7, 11) is 0. The minimum atomic E-state index is 0.468. The molecule has 27 heavy (non-hydrogen) atoms. The van der Waals surface area contributed by atoms with Gasteiger partial charge < -0.3 is 4.57 Å². The summed E-state index contributed by atoms with van der Waals surface area (Å²) in [6, 6.07) is 20.7. The molecule has 1 fully saturated rings. The fourth-order valence-electron chi connectivity index (χ4n) is 3.95. The minimum Gasteiger partial charge on any atom is -0.330 e. The van der Waals surface area contributed by atoms with Crippen molar-refractivity contribution in [3.05, 3.63) is 89.5 Å².